The van der Waals surface area contributed by atoms with Gasteiger partial charge in [-0.15, -0.1) is 0 Å². The van der Waals surface area contributed by atoms with E-state index in [2.05, 4.69) is 4.72 Å². The number of methoxy groups -OCH3 is 1. The summed E-state index contributed by atoms with van der Waals surface area (Å²) in [6.07, 6.45) is 0. The van der Waals surface area contributed by atoms with Crippen molar-refractivity contribution in [3.8, 4) is 5.75 Å². The molecule has 25 heavy (non-hydrogen) atoms. The third-order valence-electron chi connectivity index (χ3n) is 3.28. The molecule has 0 unspecified atom stereocenters. The van der Waals surface area contributed by atoms with Gasteiger partial charge in [-0.2, -0.15) is 11.8 Å². The van der Waals surface area contributed by atoms with E-state index < -0.39 is 15.8 Å². The first-order chi connectivity index (χ1) is 11.8. The van der Waals surface area contributed by atoms with Gasteiger partial charge in [0.05, 0.1) is 12.0 Å². The van der Waals surface area contributed by atoms with E-state index in [0.29, 0.717) is 21.6 Å². The highest BCUT2D eigenvalue weighted by Gasteiger charge is 2.16. The van der Waals surface area contributed by atoms with Gasteiger partial charge in [-0.1, -0.05) is 29.3 Å². The minimum absolute atomic E-state index is 0.0510. The summed E-state index contributed by atoms with van der Waals surface area (Å²) in [5, 5.41) is 1.16. The Morgan fingerprint density at radius 3 is 2.52 bits per heavy atom. The monoisotopic (exact) mass is 423 g/mol. The number of ether oxygens (including phenoxy) is 1. The van der Waals surface area contributed by atoms with Crippen molar-refractivity contribution in [2.24, 2.45) is 0 Å². The van der Waals surface area contributed by atoms with E-state index in [1.165, 1.54) is 24.9 Å². The van der Waals surface area contributed by atoms with E-state index in [1.54, 1.807) is 18.2 Å². The molecule has 0 amide bonds. The maximum absolute atomic E-state index is 13.4. The summed E-state index contributed by atoms with van der Waals surface area (Å²) in [6, 6.07) is 8.68. The van der Waals surface area contributed by atoms with Gasteiger partial charge in [-0.05, 0) is 29.8 Å². The molecule has 4 nitrogen and oxygen atoms in total. The molecule has 0 spiro atoms. The van der Waals surface area contributed by atoms with Crippen LogP contribution in [0.15, 0.2) is 41.3 Å². The van der Waals surface area contributed by atoms with Crippen LogP contribution >= 0.6 is 35.0 Å². The van der Waals surface area contributed by atoms with Crippen LogP contribution in [0, 0.1) is 5.82 Å². The molecule has 0 atom stereocenters. The highest BCUT2D eigenvalue weighted by atomic mass is 35.5. The molecule has 2 aromatic rings. The number of benzene rings is 2. The molecule has 0 aliphatic carbocycles. The Morgan fingerprint density at radius 2 is 1.88 bits per heavy atom. The number of halogens is 3. The van der Waals surface area contributed by atoms with Gasteiger partial charge in [0.25, 0.3) is 0 Å². The summed E-state index contributed by atoms with van der Waals surface area (Å²) >= 11 is 13.7. The van der Waals surface area contributed by atoms with Gasteiger partial charge in [-0.25, -0.2) is 17.5 Å². The number of hydrogen-bond donors (Lipinski definition) is 1. The lowest BCUT2D eigenvalue weighted by Crippen LogP contribution is -2.26. The van der Waals surface area contributed by atoms with Crippen LogP contribution in [0.3, 0.4) is 0 Å². The molecular formula is C16H16Cl2FNO3S2. The molecule has 0 saturated heterocycles. The summed E-state index contributed by atoms with van der Waals surface area (Å²) in [4.78, 5) is -0.0510. The topological polar surface area (TPSA) is 55.4 Å². The smallest absolute Gasteiger partial charge is 0.240 e. The van der Waals surface area contributed by atoms with Crippen molar-refractivity contribution in [2.75, 3.05) is 19.4 Å². The third kappa shape index (κ3) is 5.49. The van der Waals surface area contributed by atoms with Crippen LogP contribution in [0.25, 0.3) is 0 Å². The predicted octanol–water partition coefficient (Wildman–Crippen LogP) is 4.35. The fraction of sp³-hybridized carbons (Fsp3) is 0.250. The highest BCUT2D eigenvalue weighted by Crippen LogP contribution is 2.28. The maximum Gasteiger partial charge on any atom is 0.240 e. The Labute approximate surface area is 160 Å². The van der Waals surface area contributed by atoms with E-state index in [1.807, 2.05) is 0 Å². The predicted molar refractivity (Wildman–Crippen MR) is 101 cm³/mol. The number of sulfonamides is 1. The molecular weight excluding hydrogens is 408 g/mol. The number of rotatable bonds is 8. The van der Waals surface area contributed by atoms with E-state index in [4.69, 9.17) is 27.9 Å². The standard InChI is InChI=1S/C16H16Cl2FNO3S2/c1-23-16-9-11(5-6-15(16)19)25(21,22)20-7-8-24-10-12-13(17)3-2-4-14(12)18/h2-6,9,20H,7-8,10H2,1H3. The van der Waals surface area contributed by atoms with Crippen molar-refractivity contribution in [2.45, 2.75) is 10.6 Å². The van der Waals surface area contributed by atoms with E-state index in [0.717, 1.165) is 17.7 Å². The first kappa shape index (κ1) is 20.3. The molecule has 0 bridgehead atoms. The number of thioether (sulfide) groups is 1. The van der Waals surface area contributed by atoms with Crippen molar-refractivity contribution >= 4 is 45.0 Å². The molecule has 0 fully saturated rings. The molecule has 0 aromatic heterocycles. The van der Waals surface area contributed by atoms with Crippen molar-refractivity contribution in [3.05, 3.63) is 57.8 Å². The molecule has 0 aliphatic rings. The van der Waals surface area contributed by atoms with Gasteiger partial charge in [0, 0.05) is 34.2 Å². The highest BCUT2D eigenvalue weighted by molar-refractivity contribution is 7.98. The second-order valence-corrected chi connectivity index (χ2v) is 8.63. The summed E-state index contributed by atoms with van der Waals surface area (Å²) in [6.45, 7) is 0.217. The minimum atomic E-state index is -3.73. The van der Waals surface area contributed by atoms with Crippen LogP contribution in [0.4, 0.5) is 4.39 Å². The van der Waals surface area contributed by atoms with Crippen molar-refractivity contribution in [3.63, 3.8) is 0 Å². The lowest BCUT2D eigenvalue weighted by molar-refractivity contribution is 0.385. The second-order valence-electron chi connectivity index (χ2n) is 4.95. The summed E-state index contributed by atoms with van der Waals surface area (Å²) in [7, 11) is -2.46. The van der Waals surface area contributed by atoms with Gasteiger partial charge >= 0.3 is 0 Å². The zero-order valence-corrected chi connectivity index (χ0v) is 16.4. The molecule has 2 aromatic carbocycles. The average Bonchev–Trinajstić information content (AvgIpc) is 2.57. The molecule has 9 heteroatoms. The van der Waals surface area contributed by atoms with Crippen LogP contribution in [0.5, 0.6) is 5.75 Å². The molecule has 0 radical (unpaired) electrons. The van der Waals surface area contributed by atoms with Gasteiger partial charge in [0.15, 0.2) is 11.6 Å². The van der Waals surface area contributed by atoms with E-state index >= 15 is 0 Å². The normalized spacial score (nSPS) is 11.5. The second kappa shape index (κ2) is 9.09. The molecule has 0 saturated carbocycles. The van der Waals surface area contributed by atoms with E-state index in [9.17, 15) is 12.8 Å². The quantitative estimate of drug-likeness (QED) is 0.641. The molecule has 0 heterocycles. The zero-order chi connectivity index (χ0) is 18.4. The Bertz CT molecular complexity index is 827. The van der Waals surface area contributed by atoms with Crippen LogP contribution in [-0.4, -0.2) is 27.8 Å². The fourth-order valence-corrected chi connectivity index (χ4v) is 4.75. The van der Waals surface area contributed by atoms with Gasteiger partial charge < -0.3 is 4.74 Å². The van der Waals surface area contributed by atoms with Crippen molar-refractivity contribution in [1.29, 1.82) is 0 Å². The van der Waals surface area contributed by atoms with Gasteiger partial charge in [0.2, 0.25) is 10.0 Å². The van der Waals surface area contributed by atoms with Crippen LogP contribution in [0.2, 0.25) is 10.0 Å². The molecule has 1 N–H and O–H groups in total. The first-order valence-corrected chi connectivity index (χ1v) is 10.6. The maximum atomic E-state index is 13.4. The zero-order valence-electron chi connectivity index (χ0n) is 13.3. The third-order valence-corrected chi connectivity index (χ3v) is 6.43. The summed E-state index contributed by atoms with van der Waals surface area (Å²) in [5.41, 5.74) is 0.821. The Kier molecular flexibility index (Phi) is 7.39. The molecule has 136 valence electrons. The Hall–Kier alpha value is -0.990. The Balaban J connectivity index is 1.88. The van der Waals surface area contributed by atoms with Gasteiger partial charge in [0.1, 0.15) is 0 Å². The van der Waals surface area contributed by atoms with Crippen LogP contribution in [0.1, 0.15) is 5.56 Å². The average molecular weight is 424 g/mol. The van der Waals surface area contributed by atoms with Crippen molar-refractivity contribution in [1.82, 2.24) is 4.72 Å². The van der Waals surface area contributed by atoms with Gasteiger partial charge in [-0.3, -0.25) is 0 Å². The Morgan fingerprint density at radius 1 is 1.20 bits per heavy atom. The number of hydrogen-bond acceptors (Lipinski definition) is 4. The van der Waals surface area contributed by atoms with Crippen LogP contribution < -0.4 is 9.46 Å². The lowest BCUT2D eigenvalue weighted by atomic mass is 10.2. The lowest BCUT2D eigenvalue weighted by Gasteiger charge is -2.09. The molecule has 0 aliphatic heterocycles. The molecule has 2 rings (SSSR count). The first-order valence-electron chi connectivity index (χ1n) is 7.19. The fourth-order valence-electron chi connectivity index (χ4n) is 1.98. The van der Waals surface area contributed by atoms with Crippen LogP contribution in [-0.2, 0) is 15.8 Å². The van der Waals surface area contributed by atoms with Crippen molar-refractivity contribution < 1.29 is 17.5 Å². The summed E-state index contributed by atoms with van der Waals surface area (Å²) in [5.74, 6) is 0.364. The largest absolute Gasteiger partial charge is 0.494 e. The summed E-state index contributed by atoms with van der Waals surface area (Å²) < 4.78 is 45.1. The SMILES string of the molecule is COc1cc(S(=O)(=O)NCCSCc2c(Cl)cccc2Cl)ccc1F. The van der Waals surface area contributed by atoms with E-state index in [-0.39, 0.29) is 17.2 Å². The minimum Gasteiger partial charge on any atom is -0.494 e. The number of nitrogens with one attached hydrogen (secondary N) is 1.